The van der Waals surface area contributed by atoms with E-state index in [-0.39, 0.29) is 30.3 Å². The van der Waals surface area contributed by atoms with Gasteiger partial charge in [-0.1, -0.05) is 6.07 Å². The van der Waals surface area contributed by atoms with Crippen molar-refractivity contribution in [3.8, 4) is 0 Å². The molecule has 106 valence electrons. The molecule has 2 N–H and O–H groups in total. The molecule has 1 amide bonds. The van der Waals surface area contributed by atoms with Crippen molar-refractivity contribution in [3.05, 3.63) is 29.6 Å². The zero-order chi connectivity index (χ0) is 14.3. The monoisotopic (exact) mass is 270 g/mol. The van der Waals surface area contributed by atoms with Crippen LogP contribution in [0, 0.1) is 5.82 Å². The van der Waals surface area contributed by atoms with Gasteiger partial charge in [-0.3, -0.25) is 4.79 Å². The number of nitrogens with one attached hydrogen (secondary N) is 1. The highest BCUT2D eigenvalue weighted by atomic mass is 19.1. The molecular formula is C13H19FN2O3. The molecule has 0 aliphatic rings. The number of methoxy groups -OCH3 is 1. The summed E-state index contributed by atoms with van der Waals surface area (Å²) in [6, 6.07) is 4.32. The molecular weight excluding hydrogens is 251 g/mol. The van der Waals surface area contributed by atoms with Crippen molar-refractivity contribution in [1.82, 2.24) is 4.90 Å². The molecule has 0 heterocycles. The summed E-state index contributed by atoms with van der Waals surface area (Å²) in [4.78, 5) is 13.8. The Labute approximate surface area is 112 Å². The first-order valence-corrected chi connectivity index (χ1v) is 6.01. The summed E-state index contributed by atoms with van der Waals surface area (Å²) < 4.78 is 18.5. The predicted molar refractivity (Wildman–Crippen MR) is 70.8 cm³/mol. The lowest BCUT2D eigenvalue weighted by Crippen LogP contribution is -2.36. The number of rotatable bonds is 7. The van der Waals surface area contributed by atoms with Gasteiger partial charge in [0.1, 0.15) is 5.82 Å². The van der Waals surface area contributed by atoms with Crippen molar-refractivity contribution in [2.45, 2.75) is 0 Å². The maximum Gasteiger partial charge on any atom is 0.256 e. The molecule has 6 heteroatoms. The fourth-order valence-electron chi connectivity index (χ4n) is 1.76. The number of hydrogen-bond acceptors (Lipinski definition) is 4. The van der Waals surface area contributed by atoms with Crippen LogP contribution in [0.4, 0.5) is 10.1 Å². The molecule has 1 aromatic rings. The number of carbonyl (C=O) groups excluding carboxylic acids is 1. The third-order valence-corrected chi connectivity index (χ3v) is 2.72. The number of aliphatic hydroxyl groups is 1. The minimum atomic E-state index is -0.482. The van der Waals surface area contributed by atoms with E-state index < -0.39 is 5.82 Å². The van der Waals surface area contributed by atoms with Crippen molar-refractivity contribution >= 4 is 11.6 Å². The number of para-hydroxylation sites is 1. The van der Waals surface area contributed by atoms with Gasteiger partial charge in [0.2, 0.25) is 0 Å². The summed E-state index contributed by atoms with van der Waals surface area (Å²) in [5, 5.41) is 11.7. The molecule has 0 radical (unpaired) electrons. The molecule has 0 saturated heterocycles. The first-order chi connectivity index (χ1) is 9.15. The molecule has 1 aromatic carbocycles. The number of hydrogen-bond donors (Lipinski definition) is 2. The van der Waals surface area contributed by atoms with Crippen LogP contribution >= 0.6 is 0 Å². The Bertz CT molecular complexity index is 426. The lowest BCUT2D eigenvalue weighted by Gasteiger charge is -2.22. The van der Waals surface area contributed by atoms with Gasteiger partial charge in [-0.15, -0.1) is 0 Å². The Kier molecular flexibility index (Phi) is 6.24. The van der Waals surface area contributed by atoms with Crippen molar-refractivity contribution in [1.29, 1.82) is 0 Å². The lowest BCUT2D eigenvalue weighted by molar-refractivity contribution is 0.0657. The number of amides is 1. The highest BCUT2D eigenvalue weighted by Gasteiger charge is 2.19. The summed E-state index contributed by atoms with van der Waals surface area (Å²) in [6.45, 7) is 0.729. The first-order valence-electron chi connectivity index (χ1n) is 6.01. The first kappa shape index (κ1) is 15.4. The van der Waals surface area contributed by atoms with E-state index >= 15 is 0 Å². The Morgan fingerprint density at radius 1 is 1.47 bits per heavy atom. The highest BCUT2D eigenvalue weighted by molar-refractivity contribution is 5.99. The zero-order valence-corrected chi connectivity index (χ0v) is 11.1. The number of anilines is 1. The average Bonchev–Trinajstić information content (AvgIpc) is 2.42. The second-order valence-electron chi connectivity index (χ2n) is 3.92. The Hall–Kier alpha value is -1.66. The van der Waals surface area contributed by atoms with Crippen LogP contribution in [0.3, 0.4) is 0 Å². The lowest BCUT2D eigenvalue weighted by atomic mass is 10.1. The van der Waals surface area contributed by atoms with Gasteiger partial charge in [0.25, 0.3) is 5.91 Å². The smallest absolute Gasteiger partial charge is 0.256 e. The predicted octanol–water partition coefficient (Wildman–Crippen LogP) is 0.948. The topological polar surface area (TPSA) is 61.8 Å². The molecule has 0 aliphatic heterocycles. The fraction of sp³-hybridized carbons (Fsp3) is 0.462. The van der Waals surface area contributed by atoms with Crippen molar-refractivity contribution in [2.24, 2.45) is 0 Å². The quantitative estimate of drug-likeness (QED) is 0.774. The van der Waals surface area contributed by atoms with E-state index in [0.717, 1.165) is 0 Å². The average molecular weight is 270 g/mol. The molecule has 0 bridgehead atoms. The van der Waals surface area contributed by atoms with E-state index in [4.69, 9.17) is 9.84 Å². The third-order valence-electron chi connectivity index (χ3n) is 2.72. The summed E-state index contributed by atoms with van der Waals surface area (Å²) >= 11 is 0. The van der Waals surface area contributed by atoms with Crippen LogP contribution in [0.2, 0.25) is 0 Å². The number of benzene rings is 1. The molecule has 0 aliphatic carbocycles. The Morgan fingerprint density at radius 2 is 2.21 bits per heavy atom. The Balaban J connectivity index is 2.98. The minimum Gasteiger partial charge on any atom is -0.395 e. The summed E-state index contributed by atoms with van der Waals surface area (Å²) in [7, 11) is 3.09. The molecule has 0 fully saturated rings. The van der Waals surface area contributed by atoms with Crippen LogP contribution in [-0.2, 0) is 4.74 Å². The second-order valence-corrected chi connectivity index (χ2v) is 3.92. The van der Waals surface area contributed by atoms with Gasteiger partial charge in [0.15, 0.2) is 0 Å². The molecule has 0 atom stereocenters. The van der Waals surface area contributed by atoms with E-state index in [1.165, 1.54) is 24.1 Å². The molecule has 0 saturated carbocycles. The SMILES string of the molecule is CNc1c(F)cccc1C(=O)N(CCO)CCOC. The third kappa shape index (κ3) is 3.90. The zero-order valence-electron chi connectivity index (χ0n) is 11.1. The van der Waals surface area contributed by atoms with Gasteiger partial charge in [0, 0.05) is 27.2 Å². The second kappa shape index (κ2) is 7.70. The van der Waals surface area contributed by atoms with Gasteiger partial charge in [-0.25, -0.2) is 4.39 Å². The van der Waals surface area contributed by atoms with E-state index in [2.05, 4.69) is 5.32 Å². The maximum atomic E-state index is 13.6. The molecule has 0 unspecified atom stereocenters. The maximum absolute atomic E-state index is 13.6. The molecule has 0 spiro atoms. The molecule has 0 aromatic heterocycles. The van der Waals surface area contributed by atoms with Gasteiger partial charge >= 0.3 is 0 Å². The van der Waals surface area contributed by atoms with Gasteiger partial charge < -0.3 is 20.1 Å². The minimum absolute atomic E-state index is 0.153. The summed E-state index contributed by atoms with van der Waals surface area (Å²) in [6.07, 6.45) is 0. The normalized spacial score (nSPS) is 10.3. The van der Waals surface area contributed by atoms with Crippen molar-refractivity contribution < 1.29 is 19.0 Å². The van der Waals surface area contributed by atoms with Crippen LogP contribution in [-0.4, -0.2) is 56.4 Å². The Morgan fingerprint density at radius 3 is 2.79 bits per heavy atom. The van der Waals surface area contributed by atoms with Crippen molar-refractivity contribution in [2.75, 3.05) is 45.8 Å². The fourth-order valence-corrected chi connectivity index (χ4v) is 1.76. The number of aliphatic hydroxyl groups excluding tert-OH is 1. The molecule has 1 rings (SSSR count). The van der Waals surface area contributed by atoms with Gasteiger partial charge in [-0.05, 0) is 12.1 Å². The standard InChI is InChI=1S/C13H19FN2O3/c1-15-12-10(4-3-5-11(12)14)13(18)16(6-8-17)7-9-19-2/h3-5,15,17H,6-9H2,1-2H3. The van der Waals surface area contributed by atoms with Crippen LogP contribution in [0.25, 0.3) is 0 Å². The van der Waals surface area contributed by atoms with Crippen LogP contribution in [0.15, 0.2) is 18.2 Å². The van der Waals surface area contributed by atoms with Crippen molar-refractivity contribution in [3.63, 3.8) is 0 Å². The largest absolute Gasteiger partial charge is 0.395 e. The summed E-state index contributed by atoms with van der Waals surface area (Å²) in [5.41, 5.74) is 0.403. The number of ether oxygens (including phenoxy) is 1. The van der Waals surface area contributed by atoms with E-state index in [1.54, 1.807) is 13.1 Å². The van der Waals surface area contributed by atoms with Crippen LogP contribution < -0.4 is 5.32 Å². The van der Waals surface area contributed by atoms with E-state index in [9.17, 15) is 9.18 Å². The number of nitrogens with zero attached hydrogens (tertiary/aromatic N) is 1. The van der Waals surface area contributed by atoms with Crippen LogP contribution in [0.1, 0.15) is 10.4 Å². The molecule has 19 heavy (non-hydrogen) atoms. The highest BCUT2D eigenvalue weighted by Crippen LogP contribution is 2.20. The van der Waals surface area contributed by atoms with Gasteiger partial charge in [0.05, 0.1) is 24.5 Å². The van der Waals surface area contributed by atoms with Crippen LogP contribution in [0.5, 0.6) is 0 Å². The van der Waals surface area contributed by atoms with Gasteiger partial charge in [-0.2, -0.15) is 0 Å². The summed E-state index contributed by atoms with van der Waals surface area (Å²) in [5.74, 6) is -0.820. The van der Waals surface area contributed by atoms with E-state index in [0.29, 0.717) is 13.2 Å². The number of carbonyl (C=O) groups is 1. The van der Waals surface area contributed by atoms with E-state index in [1.807, 2.05) is 0 Å². The molecule has 5 nitrogen and oxygen atoms in total. The number of halogens is 1.